The minimum Gasteiger partial charge on any atom is -0.0622 e. The molecule has 0 saturated carbocycles. The summed E-state index contributed by atoms with van der Waals surface area (Å²) in [5.74, 6) is -1.86. The minimum atomic E-state index is -1.86. The standard InChI is InChI=1S/2C18H15P.C12H24B2O4.C11H8BClFNO2.C11H6Cl2FN.C11H6ClFIN.C6H5BClFO2.C5H3Cl2N.2ClH.Pd/c2*1-4-10-16(11-5-1)19(17-12-6-2-7-13-17)18-14-8-3-9-15-18;1-9(2)10(3,4)16-13(15-9)14-17-11(5,6)12(7,8)18-14;13-8-1-2-10(14)9(6-8)11-5-7(12(16)17)3-4-15-11;12-7-1-2-10(14)9(5-7)11-6-8(13)3-4-15-11;12-7-1-2-10(13)9(5-7)11-6-8(14)3-4-15-11;8-4-2-1-3-5(9)6(4)7(10)11;6-4-1-2-8-5(7)3-4;;;/h2*1-15H;1-8H3;1-6,16-17H;2*1-6H;1-3,10-11H;1-3H;2*1H;/q;;;;;;;;;;+2/p-2. The molecule has 0 spiro atoms. The van der Waals surface area contributed by atoms with Crippen molar-refractivity contribution in [3.8, 4) is 33.8 Å². The average molecular weight is 2110 g/mol. The molecule has 33 heteroatoms. The van der Waals surface area contributed by atoms with Gasteiger partial charge in [0.2, 0.25) is 0 Å². The van der Waals surface area contributed by atoms with E-state index in [1.165, 1.54) is 117 Å². The SMILES string of the molecule is CC1(C)OB(B2OC(C)(C)C(C)(C)O2)OC1(C)C.Clc1ccnc(Cl)c1.Fc1ccc(Cl)cc1-c1cc(Cl)ccn1.Fc1ccc(Cl)cc1-c1cc(I)ccn1.OB(O)c1c(F)cccc1Cl.OB(O)c1ccnc(-c2cc(Cl)ccc2F)c1.[Cl][Pd][Cl].c1ccc(P(c2ccccc2)c2ccccc2)cc1.c1ccc(P(c2ccccc2)c2ccccc2)cc1. The Labute approximate surface area is 796 Å². The van der Waals surface area contributed by atoms with Crippen LogP contribution in [0.25, 0.3) is 33.8 Å². The van der Waals surface area contributed by atoms with Crippen LogP contribution < -0.4 is 42.8 Å². The van der Waals surface area contributed by atoms with Gasteiger partial charge in [-0.05, 0) is 246 Å². The van der Waals surface area contributed by atoms with Gasteiger partial charge in [0.25, 0.3) is 0 Å². The predicted octanol–water partition coefficient (Wildman–Crippen LogP) is 22.6. The number of hydrogen-bond acceptors (Lipinski definition) is 12. The molecular weight excluding hydrogens is 2020 g/mol. The van der Waals surface area contributed by atoms with Crippen LogP contribution in [-0.2, 0) is 34.6 Å². The first-order valence-electron chi connectivity index (χ1n) is 37.9. The molecule has 0 unspecified atom stereocenters. The summed E-state index contributed by atoms with van der Waals surface area (Å²) < 4.78 is 78.1. The van der Waals surface area contributed by atoms with Crippen molar-refractivity contribution in [1.29, 1.82) is 0 Å². The van der Waals surface area contributed by atoms with E-state index in [9.17, 15) is 17.6 Å². The van der Waals surface area contributed by atoms with Crippen LogP contribution in [0.3, 0.4) is 0 Å². The molecule has 125 heavy (non-hydrogen) atoms. The van der Waals surface area contributed by atoms with Gasteiger partial charge in [0, 0.05) is 80.6 Å². The summed E-state index contributed by atoms with van der Waals surface area (Å²) in [6.45, 7) is 16.2. The second kappa shape index (κ2) is 51.1. The van der Waals surface area contributed by atoms with Crippen molar-refractivity contribution < 1.29 is 72.2 Å². The third-order valence-electron chi connectivity index (χ3n) is 18.9. The smallest absolute Gasteiger partial charge is 0.0134 e. The second-order valence-electron chi connectivity index (χ2n) is 28.7. The third-order valence-corrected chi connectivity index (χ3v) is 26.2. The van der Waals surface area contributed by atoms with Crippen molar-refractivity contribution >= 4 is 210 Å². The summed E-state index contributed by atoms with van der Waals surface area (Å²) in [6, 6.07) is 94.4. The maximum Gasteiger partial charge on any atom is -0.0134 e. The van der Waals surface area contributed by atoms with E-state index in [0.717, 1.165) is 9.64 Å². The average Bonchev–Trinajstić information content (AvgIpc) is 1.59. The first kappa shape index (κ1) is 104. The summed E-state index contributed by atoms with van der Waals surface area (Å²) in [7, 11) is 4.31. The second-order valence-corrected chi connectivity index (χ2v) is 39.7. The van der Waals surface area contributed by atoms with Gasteiger partial charge in [-0.15, -0.1) is 0 Å². The largest absolute Gasteiger partial charge is 0.0622 e. The van der Waals surface area contributed by atoms with Crippen molar-refractivity contribution in [3.05, 3.63) is 390 Å². The molecule has 12 nitrogen and oxygen atoms in total. The van der Waals surface area contributed by atoms with Crippen LogP contribution in [0, 0.1) is 26.8 Å². The number of aromatic nitrogens is 4. The number of benzene rings is 10. The van der Waals surface area contributed by atoms with Gasteiger partial charge in [-0.1, -0.05) is 269 Å². The summed E-state index contributed by atoms with van der Waals surface area (Å²) in [5, 5.41) is 46.6. The van der Waals surface area contributed by atoms with Gasteiger partial charge in [-0.3, -0.25) is 15.0 Å². The zero-order chi connectivity index (χ0) is 91.0. The maximum absolute atomic E-state index is 13.6. The zero-order valence-electron chi connectivity index (χ0n) is 68.2. The molecule has 0 radical (unpaired) electrons. The Hall–Kier alpha value is -6.68. The van der Waals surface area contributed by atoms with E-state index in [1.807, 2.05) is 67.5 Å². The van der Waals surface area contributed by atoms with Crippen LogP contribution in [0.5, 0.6) is 0 Å². The van der Waals surface area contributed by atoms with Crippen molar-refractivity contribution in [2.45, 2.75) is 77.8 Å². The van der Waals surface area contributed by atoms with Crippen molar-refractivity contribution in [2.75, 3.05) is 0 Å². The van der Waals surface area contributed by atoms with E-state index in [-0.39, 0.29) is 71.5 Å². The number of halogens is 14. The summed E-state index contributed by atoms with van der Waals surface area (Å²) in [4.78, 5) is 15.8. The quantitative estimate of drug-likeness (QED) is 0.0301. The van der Waals surface area contributed by atoms with Crippen LogP contribution in [0.15, 0.2) is 328 Å². The number of pyridine rings is 4. The predicted molar refractivity (Wildman–Crippen MR) is 521 cm³/mol. The van der Waals surface area contributed by atoms with Gasteiger partial charge in [0.05, 0.1) is 39.5 Å². The summed E-state index contributed by atoms with van der Waals surface area (Å²) in [5.41, 5.74) is 0.903. The first-order chi connectivity index (χ1) is 59.5. The third kappa shape index (κ3) is 32.1. The Bertz CT molecular complexity index is 5190. The Morgan fingerprint density at radius 1 is 0.328 bits per heavy atom. The molecule has 4 aromatic heterocycles. The Balaban J connectivity index is 0.000000178. The van der Waals surface area contributed by atoms with Gasteiger partial charge in [-0.25, -0.2) is 22.5 Å². The molecule has 4 N–H and O–H groups in total. The first-order valence-corrected chi connectivity index (χ1v) is 48.4. The molecule has 6 heterocycles. The van der Waals surface area contributed by atoms with E-state index < -0.39 is 55.7 Å². The van der Waals surface area contributed by atoms with Gasteiger partial charge >= 0.3 is 63.3 Å². The fourth-order valence-electron chi connectivity index (χ4n) is 11.4. The van der Waals surface area contributed by atoms with Crippen LogP contribution in [0.1, 0.15) is 55.4 Å². The van der Waals surface area contributed by atoms with E-state index >= 15 is 0 Å². The van der Waals surface area contributed by atoms with Gasteiger partial charge in [-0.2, -0.15) is 0 Å². The molecule has 2 saturated heterocycles. The molecule has 648 valence electrons. The molecule has 2 aliphatic rings. The normalized spacial score (nSPS) is 13.3. The van der Waals surface area contributed by atoms with Gasteiger partial charge < -0.3 is 38.7 Å². The van der Waals surface area contributed by atoms with Crippen LogP contribution in [-0.4, -0.2) is 90.7 Å². The molecule has 2 aliphatic heterocycles. The maximum atomic E-state index is 13.6. The number of rotatable bonds is 12. The zero-order valence-corrected chi connectivity index (χ0v) is 80.5. The van der Waals surface area contributed by atoms with Gasteiger partial charge in [0.15, 0.2) is 0 Å². The molecule has 0 amide bonds. The summed E-state index contributed by atoms with van der Waals surface area (Å²) >= 11 is 41.6. The molecule has 2 fully saturated rings. The number of nitrogens with zero attached hydrogens (tertiary/aromatic N) is 4. The molecule has 10 aromatic carbocycles. The van der Waals surface area contributed by atoms with Crippen LogP contribution in [0.2, 0.25) is 35.3 Å². The fourth-order valence-corrected chi connectivity index (χ4v) is 17.8. The monoisotopic (exact) mass is 2100 g/mol. The Kier molecular flexibility index (Phi) is 42.4. The molecule has 0 bridgehead atoms. The Morgan fingerprint density at radius 2 is 0.616 bits per heavy atom. The van der Waals surface area contributed by atoms with Crippen molar-refractivity contribution in [1.82, 2.24) is 19.9 Å². The molecule has 0 atom stereocenters. The molecule has 16 rings (SSSR count). The van der Waals surface area contributed by atoms with Gasteiger partial charge in [0.1, 0.15) is 28.4 Å². The topological polar surface area (TPSA) is 169 Å². The van der Waals surface area contributed by atoms with Crippen LogP contribution in [0.4, 0.5) is 17.6 Å². The fraction of sp³-hybridized carbons (Fsp3) is 0.130. The number of hydrogen-bond donors (Lipinski definition) is 4. The Morgan fingerprint density at radius 3 is 0.888 bits per heavy atom. The van der Waals surface area contributed by atoms with Crippen molar-refractivity contribution in [2.24, 2.45) is 0 Å². The van der Waals surface area contributed by atoms with E-state index in [4.69, 9.17) is 139 Å². The molecular formula is C92H82B4Cl9F4IN4O8P2Pd. The summed E-state index contributed by atoms with van der Waals surface area (Å²) in [6.07, 6.45) is 6.12. The van der Waals surface area contributed by atoms with E-state index in [0.29, 0.717) is 58.5 Å². The van der Waals surface area contributed by atoms with Crippen molar-refractivity contribution in [3.63, 3.8) is 0 Å². The molecule has 0 aliphatic carbocycles. The minimum absolute atomic E-state index is 0.0139. The van der Waals surface area contributed by atoms with E-state index in [1.54, 1.807) is 42.7 Å². The van der Waals surface area contributed by atoms with E-state index in [2.05, 4.69) is 225 Å². The van der Waals surface area contributed by atoms with Crippen LogP contribution >= 0.6 is 139 Å². The molecule has 14 aromatic rings.